The molecule has 0 radical (unpaired) electrons. The molecule has 3 N–H and O–H groups in total. The van der Waals surface area contributed by atoms with E-state index in [0.717, 1.165) is 43.3 Å². The van der Waals surface area contributed by atoms with Crippen LogP contribution in [0.15, 0.2) is 42.7 Å². The van der Waals surface area contributed by atoms with Crippen LogP contribution in [-0.2, 0) is 4.74 Å². The Hall–Kier alpha value is -3.48. The standard InChI is InChI=1S/C15H12N6O.C4H9NO/c1-22-13-5-3-2-4-11(13)12-6-14(21-20-12)19-15-9-17-10(7-16)8-18-15;1-3-6-4-2-5-1/h2-6,8-9H,1H3,(H2,18,19,20,21);5H,1-4H2. The van der Waals surface area contributed by atoms with E-state index >= 15 is 0 Å². The SMILES string of the molecule is C1COCCN1.COc1ccccc1-c1cc(Nc2cnc(C#N)cn2)n[nH]1. The van der Waals surface area contributed by atoms with E-state index in [2.05, 4.69) is 30.8 Å². The maximum absolute atomic E-state index is 8.69. The lowest BCUT2D eigenvalue weighted by Gasteiger charge is -2.10. The number of aromatic nitrogens is 4. The van der Waals surface area contributed by atoms with Crippen LogP contribution in [0.3, 0.4) is 0 Å². The molecule has 1 saturated heterocycles. The van der Waals surface area contributed by atoms with Crippen molar-refractivity contribution in [3.05, 3.63) is 48.4 Å². The van der Waals surface area contributed by atoms with Gasteiger partial charge in [0.05, 0.1) is 38.4 Å². The zero-order chi connectivity index (χ0) is 19.6. The predicted octanol–water partition coefficient (Wildman–Crippen LogP) is 2.10. The summed E-state index contributed by atoms with van der Waals surface area (Å²) >= 11 is 0. The number of H-pyrrole nitrogens is 1. The lowest BCUT2D eigenvalue weighted by atomic mass is 10.1. The third-order valence-corrected chi connectivity index (χ3v) is 3.84. The van der Waals surface area contributed by atoms with Crippen molar-refractivity contribution in [2.45, 2.75) is 0 Å². The zero-order valence-corrected chi connectivity index (χ0v) is 15.5. The van der Waals surface area contributed by atoms with Crippen molar-refractivity contribution in [3.8, 4) is 23.1 Å². The smallest absolute Gasteiger partial charge is 0.158 e. The fraction of sp³-hybridized carbons (Fsp3) is 0.263. The Labute approximate surface area is 162 Å². The number of benzene rings is 1. The molecule has 2 aromatic heterocycles. The highest BCUT2D eigenvalue weighted by Gasteiger charge is 2.09. The number of hydrogen-bond donors (Lipinski definition) is 3. The van der Waals surface area contributed by atoms with Gasteiger partial charge < -0.3 is 20.1 Å². The van der Waals surface area contributed by atoms with Gasteiger partial charge in [-0.1, -0.05) is 12.1 Å². The van der Waals surface area contributed by atoms with E-state index in [9.17, 15) is 0 Å². The normalized spacial score (nSPS) is 13.0. The average Bonchev–Trinajstić information content (AvgIpc) is 3.24. The zero-order valence-electron chi connectivity index (χ0n) is 15.5. The van der Waals surface area contributed by atoms with E-state index in [0.29, 0.717) is 11.6 Å². The Kier molecular flexibility index (Phi) is 6.89. The molecule has 0 bridgehead atoms. The number of morpholine rings is 1. The monoisotopic (exact) mass is 379 g/mol. The number of para-hydroxylation sites is 1. The number of rotatable bonds is 4. The second-order valence-electron chi connectivity index (χ2n) is 5.75. The highest BCUT2D eigenvalue weighted by molar-refractivity contribution is 5.70. The molecule has 9 heteroatoms. The van der Waals surface area contributed by atoms with Gasteiger partial charge in [-0.15, -0.1) is 0 Å². The first-order valence-corrected chi connectivity index (χ1v) is 8.76. The van der Waals surface area contributed by atoms with Crippen LogP contribution in [0.2, 0.25) is 0 Å². The fourth-order valence-electron chi connectivity index (χ4n) is 2.49. The number of nitriles is 1. The summed E-state index contributed by atoms with van der Waals surface area (Å²) in [5.41, 5.74) is 2.00. The van der Waals surface area contributed by atoms with Crippen molar-refractivity contribution in [2.24, 2.45) is 0 Å². The van der Waals surface area contributed by atoms with Crippen LogP contribution >= 0.6 is 0 Å². The minimum atomic E-state index is 0.266. The number of methoxy groups -OCH3 is 1. The Balaban J connectivity index is 0.000000320. The molecule has 0 aliphatic carbocycles. The third kappa shape index (κ3) is 5.26. The van der Waals surface area contributed by atoms with Gasteiger partial charge in [0.15, 0.2) is 11.5 Å². The molecule has 144 valence electrons. The molecule has 0 amide bonds. The molecule has 28 heavy (non-hydrogen) atoms. The Morgan fingerprint density at radius 1 is 1.14 bits per heavy atom. The average molecular weight is 379 g/mol. The summed E-state index contributed by atoms with van der Waals surface area (Å²) in [6, 6.07) is 11.4. The minimum Gasteiger partial charge on any atom is -0.496 e. The number of ether oxygens (including phenoxy) is 2. The molecule has 0 atom stereocenters. The van der Waals surface area contributed by atoms with Gasteiger partial charge in [-0.05, 0) is 12.1 Å². The van der Waals surface area contributed by atoms with Crippen molar-refractivity contribution in [3.63, 3.8) is 0 Å². The van der Waals surface area contributed by atoms with Crippen LogP contribution in [-0.4, -0.2) is 53.6 Å². The Morgan fingerprint density at radius 2 is 1.96 bits per heavy atom. The molecule has 4 rings (SSSR count). The first kappa shape index (κ1) is 19.3. The van der Waals surface area contributed by atoms with Gasteiger partial charge in [-0.2, -0.15) is 10.4 Å². The molecule has 1 aliphatic heterocycles. The largest absolute Gasteiger partial charge is 0.496 e. The highest BCUT2D eigenvalue weighted by Crippen LogP contribution is 2.29. The molecule has 0 spiro atoms. The predicted molar refractivity (Wildman–Crippen MR) is 104 cm³/mol. The minimum absolute atomic E-state index is 0.266. The second-order valence-corrected chi connectivity index (χ2v) is 5.75. The van der Waals surface area contributed by atoms with Crippen LogP contribution in [0.1, 0.15) is 5.69 Å². The van der Waals surface area contributed by atoms with E-state index < -0.39 is 0 Å². The summed E-state index contributed by atoms with van der Waals surface area (Å²) < 4.78 is 10.3. The maximum atomic E-state index is 8.69. The van der Waals surface area contributed by atoms with E-state index in [-0.39, 0.29) is 5.69 Å². The number of aromatic amines is 1. The van der Waals surface area contributed by atoms with Crippen LogP contribution in [0, 0.1) is 11.3 Å². The summed E-state index contributed by atoms with van der Waals surface area (Å²) in [7, 11) is 1.63. The van der Waals surface area contributed by atoms with Crippen LogP contribution in [0.25, 0.3) is 11.3 Å². The van der Waals surface area contributed by atoms with E-state index in [1.54, 1.807) is 7.11 Å². The third-order valence-electron chi connectivity index (χ3n) is 3.84. The molecular weight excluding hydrogens is 358 g/mol. The number of anilines is 2. The van der Waals surface area contributed by atoms with Crippen LogP contribution < -0.4 is 15.4 Å². The van der Waals surface area contributed by atoms with E-state index in [1.165, 1.54) is 12.4 Å². The summed E-state index contributed by atoms with van der Waals surface area (Å²) in [5, 5.41) is 22.0. The topological polar surface area (TPSA) is 121 Å². The van der Waals surface area contributed by atoms with Crippen molar-refractivity contribution in [1.82, 2.24) is 25.5 Å². The van der Waals surface area contributed by atoms with Crippen LogP contribution in [0.4, 0.5) is 11.6 Å². The fourth-order valence-corrected chi connectivity index (χ4v) is 2.49. The molecule has 0 saturated carbocycles. The molecule has 1 aliphatic rings. The number of hydrogen-bond acceptors (Lipinski definition) is 8. The van der Waals surface area contributed by atoms with Crippen molar-refractivity contribution >= 4 is 11.6 Å². The van der Waals surface area contributed by atoms with Gasteiger partial charge >= 0.3 is 0 Å². The van der Waals surface area contributed by atoms with Gasteiger partial charge in [-0.3, -0.25) is 5.10 Å². The summed E-state index contributed by atoms with van der Waals surface area (Å²) in [6.07, 6.45) is 2.88. The van der Waals surface area contributed by atoms with Crippen LogP contribution in [0.5, 0.6) is 5.75 Å². The summed E-state index contributed by atoms with van der Waals surface area (Å²) in [4.78, 5) is 8.03. The molecule has 3 aromatic rings. The quantitative estimate of drug-likeness (QED) is 0.630. The van der Waals surface area contributed by atoms with Gasteiger partial charge in [0.1, 0.15) is 17.6 Å². The second kappa shape index (κ2) is 10.0. The number of nitrogens with one attached hydrogen (secondary N) is 3. The van der Waals surface area contributed by atoms with E-state index in [1.807, 2.05) is 36.4 Å². The first-order chi connectivity index (χ1) is 13.8. The molecular formula is C19H21N7O2. The lowest BCUT2D eigenvalue weighted by molar-refractivity contribution is 0.109. The number of nitrogens with zero attached hydrogens (tertiary/aromatic N) is 4. The van der Waals surface area contributed by atoms with Gasteiger partial charge in [0.25, 0.3) is 0 Å². The lowest BCUT2D eigenvalue weighted by Crippen LogP contribution is -2.30. The van der Waals surface area contributed by atoms with E-state index in [4.69, 9.17) is 14.7 Å². The molecule has 1 fully saturated rings. The van der Waals surface area contributed by atoms with Crippen molar-refractivity contribution in [1.29, 1.82) is 5.26 Å². The summed E-state index contributed by atoms with van der Waals surface area (Å²) in [5.74, 6) is 1.87. The highest BCUT2D eigenvalue weighted by atomic mass is 16.5. The molecule has 1 aromatic carbocycles. The van der Waals surface area contributed by atoms with Crippen molar-refractivity contribution < 1.29 is 9.47 Å². The summed E-state index contributed by atoms with van der Waals surface area (Å²) in [6.45, 7) is 3.83. The van der Waals surface area contributed by atoms with Gasteiger partial charge in [0.2, 0.25) is 0 Å². The van der Waals surface area contributed by atoms with Gasteiger partial charge in [-0.25, -0.2) is 9.97 Å². The van der Waals surface area contributed by atoms with Gasteiger partial charge in [0, 0.05) is 24.7 Å². The maximum Gasteiger partial charge on any atom is 0.158 e. The van der Waals surface area contributed by atoms with Crippen molar-refractivity contribution in [2.75, 3.05) is 38.7 Å². The molecule has 0 unspecified atom stereocenters. The molecule has 3 heterocycles. The first-order valence-electron chi connectivity index (χ1n) is 8.76. The Bertz CT molecular complexity index is 903. The Morgan fingerprint density at radius 3 is 2.57 bits per heavy atom. The molecule has 9 nitrogen and oxygen atoms in total.